The van der Waals surface area contributed by atoms with E-state index in [1.165, 1.54) is 12.3 Å². The van der Waals surface area contributed by atoms with Gasteiger partial charge in [0.15, 0.2) is 5.75 Å². The molecule has 1 rings (SSSR count). The molecule has 0 unspecified atom stereocenters. The molecule has 0 bridgehead atoms. The molecule has 1 aromatic heterocycles. The van der Waals surface area contributed by atoms with E-state index in [0.717, 1.165) is 18.8 Å². The van der Waals surface area contributed by atoms with Crippen molar-refractivity contribution in [2.45, 2.75) is 20.0 Å². The zero-order valence-electron chi connectivity index (χ0n) is 10.8. The molecule has 1 aromatic rings. The highest BCUT2D eigenvalue weighted by atomic mass is 16.3. The van der Waals surface area contributed by atoms with Crippen molar-refractivity contribution < 1.29 is 5.11 Å². The van der Waals surface area contributed by atoms with Gasteiger partial charge in [0.25, 0.3) is 0 Å². The van der Waals surface area contributed by atoms with Crippen molar-refractivity contribution in [3.63, 3.8) is 0 Å². The fourth-order valence-electron chi connectivity index (χ4n) is 1.83. The largest absolute Gasteiger partial charge is 0.503 e. The maximum atomic E-state index is 11.5. The van der Waals surface area contributed by atoms with E-state index in [4.69, 9.17) is 0 Å². The van der Waals surface area contributed by atoms with Gasteiger partial charge in [-0.1, -0.05) is 12.2 Å². The van der Waals surface area contributed by atoms with Gasteiger partial charge in [-0.3, -0.25) is 9.69 Å². The van der Waals surface area contributed by atoms with Crippen LogP contribution in [0.25, 0.3) is 0 Å². The van der Waals surface area contributed by atoms with Crippen LogP contribution in [0.5, 0.6) is 5.75 Å². The van der Waals surface area contributed by atoms with Crippen LogP contribution in [-0.2, 0) is 13.1 Å². The highest BCUT2D eigenvalue weighted by Crippen LogP contribution is 2.08. The lowest BCUT2D eigenvalue weighted by Crippen LogP contribution is -2.26. The minimum atomic E-state index is -0.341. The summed E-state index contributed by atoms with van der Waals surface area (Å²) >= 11 is 0. The summed E-state index contributed by atoms with van der Waals surface area (Å²) in [7, 11) is 0. The maximum Gasteiger partial charge on any atom is 0.223 e. The lowest BCUT2D eigenvalue weighted by atomic mass is 10.3. The Hall–Kier alpha value is -1.81. The predicted octanol–water partition coefficient (Wildman–Crippen LogP) is 1.75. The number of nitrogens with zero attached hydrogens (tertiary/aromatic N) is 2. The van der Waals surface area contributed by atoms with Crippen LogP contribution in [0.3, 0.4) is 0 Å². The summed E-state index contributed by atoms with van der Waals surface area (Å²) in [6, 6.07) is 1.48. The van der Waals surface area contributed by atoms with E-state index in [0.29, 0.717) is 13.1 Å². The SMILES string of the molecule is C=CCN(CC=C)Cc1cc(=O)c(O)cn1CC. The van der Waals surface area contributed by atoms with Crippen molar-refractivity contribution >= 4 is 0 Å². The summed E-state index contributed by atoms with van der Waals surface area (Å²) in [5.74, 6) is -0.209. The predicted molar refractivity (Wildman–Crippen MR) is 73.7 cm³/mol. The van der Waals surface area contributed by atoms with Gasteiger partial charge in [0, 0.05) is 37.9 Å². The number of rotatable bonds is 7. The lowest BCUT2D eigenvalue weighted by molar-refractivity contribution is 0.316. The van der Waals surface area contributed by atoms with E-state index in [9.17, 15) is 9.90 Å². The van der Waals surface area contributed by atoms with Gasteiger partial charge in [-0.15, -0.1) is 13.2 Å². The topological polar surface area (TPSA) is 45.5 Å². The molecule has 0 saturated heterocycles. The standard InChI is InChI=1S/C14H20N2O2/c1-4-7-15(8-5-2)10-12-9-13(17)14(18)11-16(12)6-3/h4-5,9,11,18H,1-2,6-8,10H2,3H3. The maximum absolute atomic E-state index is 11.5. The minimum Gasteiger partial charge on any atom is -0.503 e. The van der Waals surface area contributed by atoms with Crippen molar-refractivity contribution in [2.75, 3.05) is 13.1 Å². The summed E-state index contributed by atoms with van der Waals surface area (Å²) < 4.78 is 1.87. The quantitative estimate of drug-likeness (QED) is 0.748. The van der Waals surface area contributed by atoms with Crippen molar-refractivity contribution in [3.05, 3.63) is 53.5 Å². The Morgan fingerprint density at radius 2 is 2.00 bits per heavy atom. The van der Waals surface area contributed by atoms with E-state index in [1.54, 1.807) is 0 Å². The van der Waals surface area contributed by atoms with Gasteiger partial charge < -0.3 is 9.67 Å². The van der Waals surface area contributed by atoms with Crippen LogP contribution >= 0.6 is 0 Å². The van der Waals surface area contributed by atoms with Crippen LogP contribution in [0.4, 0.5) is 0 Å². The number of aromatic nitrogens is 1. The Morgan fingerprint density at radius 3 is 2.50 bits per heavy atom. The van der Waals surface area contributed by atoms with E-state index in [-0.39, 0.29) is 11.2 Å². The average molecular weight is 248 g/mol. The Kier molecular flexibility index (Phi) is 5.39. The first-order valence-electron chi connectivity index (χ1n) is 5.98. The van der Waals surface area contributed by atoms with Crippen molar-refractivity contribution in [2.24, 2.45) is 0 Å². The molecule has 1 N–H and O–H groups in total. The van der Waals surface area contributed by atoms with E-state index in [2.05, 4.69) is 18.1 Å². The fourth-order valence-corrected chi connectivity index (χ4v) is 1.83. The van der Waals surface area contributed by atoms with Gasteiger partial charge >= 0.3 is 0 Å². The van der Waals surface area contributed by atoms with Gasteiger partial charge in [0.2, 0.25) is 5.43 Å². The van der Waals surface area contributed by atoms with Crippen molar-refractivity contribution in [1.29, 1.82) is 0 Å². The number of pyridine rings is 1. The van der Waals surface area contributed by atoms with E-state index < -0.39 is 0 Å². The molecule has 0 aromatic carbocycles. The van der Waals surface area contributed by atoms with Gasteiger partial charge in [-0.2, -0.15) is 0 Å². The molecule has 4 heteroatoms. The zero-order valence-corrected chi connectivity index (χ0v) is 10.8. The van der Waals surface area contributed by atoms with Gasteiger partial charge in [-0.25, -0.2) is 0 Å². The monoisotopic (exact) mass is 248 g/mol. The van der Waals surface area contributed by atoms with Crippen LogP contribution in [-0.4, -0.2) is 27.7 Å². The van der Waals surface area contributed by atoms with Crippen LogP contribution < -0.4 is 5.43 Å². The molecule has 0 aliphatic carbocycles. The normalized spacial score (nSPS) is 10.6. The second kappa shape index (κ2) is 6.81. The Bertz CT molecular complexity index is 467. The number of aromatic hydroxyl groups is 1. The third-order valence-corrected chi connectivity index (χ3v) is 2.70. The zero-order chi connectivity index (χ0) is 13.5. The Morgan fingerprint density at radius 1 is 1.39 bits per heavy atom. The molecule has 0 radical (unpaired) electrons. The highest BCUT2D eigenvalue weighted by molar-refractivity contribution is 5.20. The van der Waals surface area contributed by atoms with Crippen molar-refractivity contribution in [1.82, 2.24) is 9.47 Å². The number of hydrogen-bond acceptors (Lipinski definition) is 3. The van der Waals surface area contributed by atoms with Crippen LogP contribution in [0, 0.1) is 0 Å². The molecule has 0 aliphatic rings. The molecule has 1 heterocycles. The fraction of sp³-hybridized carbons (Fsp3) is 0.357. The third-order valence-electron chi connectivity index (χ3n) is 2.70. The number of hydrogen-bond donors (Lipinski definition) is 1. The smallest absolute Gasteiger partial charge is 0.223 e. The summed E-state index contributed by atoms with van der Waals surface area (Å²) in [6.45, 7) is 12.2. The summed E-state index contributed by atoms with van der Waals surface area (Å²) in [5, 5.41) is 9.42. The van der Waals surface area contributed by atoms with Crippen molar-refractivity contribution in [3.8, 4) is 5.75 Å². The Labute approximate surface area is 107 Å². The van der Waals surface area contributed by atoms with E-state index in [1.807, 2.05) is 23.6 Å². The highest BCUT2D eigenvalue weighted by Gasteiger charge is 2.08. The van der Waals surface area contributed by atoms with Gasteiger partial charge in [0.05, 0.1) is 6.20 Å². The molecular weight excluding hydrogens is 228 g/mol. The molecule has 4 nitrogen and oxygen atoms in total. The second-order valence-electron chi connectivity index (χ2n) is 4.07. The summed E-state index contributed by atoms with van der Waals surface area (Å²) in [5.41, 5.74) is 0.538. The lowest BCUT2D eigenvalue weighted by Gasteiger charge is -2.21. The van der Waals surface area contributed by atoms with E-state index >= 15 is 0 Å². The Balaban J connectivity index is 3.00. The molecule has 98 valence electrons. The first-order valence-corrected chi connectivity index (χ1v) is 5.98. The third kappa shape index (κ3) is 3.60. The molecule has 18 heavy (non-hydrogen) atoms. The first kappa shape index (κ1) is 14.3. The summed E-state index contributed by atoms with van der Waals surface area (Å²) in [6.07, 6.45) is 5.12. The van der Waals surface area contributed by atoms with Gasteiger partial charge in [0.1, 0.15) is 0 Å². The van der Waals surface area contributed by atoms with Crippen LogP contribution in [0.15, 0.2) is 42.4 Å². The van der Waals surface area contributed by atoms with Gasteiger partial charge in [-0.05, 0) is 6.92 Å². The van der Waals surface area contributed by atoms with Crippen LogP contribution in [0.1, 0.15) is 12.6 Å². The molecule has 0 atom stereocenters. The minimum absolute atomic E-state index is 0.209. The molecule has 0 amide bonds. The number of aryl methyl sites for hydroxylation is 1. The molecule has 0 spiro atoms. The average Bonchev–Trinajstić information content (AvgIpc) is 2.34. The second-order valence-corrected chi connectivity index (χ2v) is 4.07. The molecule has 0 saturated carbocycles. The van der Waals surface area contributed by atoms with Crippen LogP contribution in [0.2, 0.25) is 0 Å². The molecule has 0 aliphatic heterocycles. The molecular formula is C14H20N2O2. The first-order chi connectivity index (χ1) is 8.62. The summed E-state index contributed by atoms with van der Waals surface area (Å²) in [4.78, 5) is 13.6. The molecule has 0 fully saturated rings.